The van der Waals surface area contributed by atoms with Crippen LogP contribution in [0.1, 0.15) is 32.1 Å². The van der Waals surface area contributed by atoms with Crippen molar-refractivity contribution < 1.29 is 23.5 Å². The number of nitrogens with one attached hydrogen (secondary N) is 3. The van der Waals surface area contributed by atoms with Crippen molar-refractivity contribution in [2.24, 2.45) is 0 Å². The van der Waals surface area contributed by atoms with Crippen LogP contribution in [0.5, 0.6) is 5.75 Å². The van der Waals surface area contributed by atoms with Gasteiger partial charge in [0.15, 0.2) is 0 Å². The number of ether oxygens (including phenoxy) is 1. The number of anilines is 1. The second kappa shape index (κ2) is 7.74. The average molecular weight is 436 g/mol. The normalized spacial score (nSPS) is 17.7. The van der Waals surface area contributed by atoms with Crippen molar-refractivity contribution in [2.75, 3.05) is 19.0 Å². The van der Waals surface area contributed by atoms with E-state index in [4.69, 9.17) is 9.15 Å². The number of carbonyl (C=O) groups is 3. The minimum absolute atomic E-state index is 0.161. The third kappa shape index (κ3) is 3.30. The smallest absolute Gasteiger partial charge is 0.344 e. The molecule has 2 fully saturated rings. The Morgan fingerprint density at radius 1 is 1.12 bits per heavy atom. The molecule has 1 aliphatic heterocycles. The van der Waals surface area contributed by atoms with Crippen molar-refractivity contribution in [3.63, 3.8) is 0 Å². The molecule has 2 aromatic carbocycles. The molecule has 1 spiro atoms. The summed E-state index contributed by atoms with van der Waals surface area (Å²) in [5.74, 6) is -0.363. The Balaban J connectivity index is 1.30. The lowest BCUT2D eigenvalue weighted by Crippen LogP contribution is -2.51. The Kier molecular flexibility index (Phi) is 4.88. The number of para-hydroxylation sites is 1. The van der Waals surface area contributed by atoms with E-state index in [-0.39, 0.29) is 6.54 Å². The van der Waals surface area contributed by atoms with Crippen molar-refractivity contribution >= 4 is 45.5 Å². The van der Waals surface area contributed by atoms with Gasteiger partial charge in [-0.3, -0.25) is 15.0 Å². The van der Waals surface area contributed by atoms with Gasteiger partial charge < -0.3 is 19.8 Å². The topological polar surface area (TPSA) is 113 Å². The number of hydrogen-bond acceptors (Lipinski definition) is 6. The van der Waals surface area contributed by atoms with Crippen LogP contribution in [0.3, 0.4) is 0 Å². The van der Waals surface area contributed by atoms with E-state index in [0.29, 0.717) is 29.9 Å². The molecule has 2 aliphatic rings. The van der Waals surface area contributed by atoms with Gasteiger partial charge in [0.2, 0.25) is 0 Å². The first-order chi connectivity index (χ1) is 15.5. The van der Waals surface area contributed by atoms with Crippen LogP contribution >= 0.6 is 0 Å². The molecule has 2 heterocycles. The predicted molar refractivity (Wildman–Crippen MR) is 118 cm³/mol. The summed E-state index contributed by atoms with van der Waals surface area (Å²) >= 11 is 0. The Labute approximate surface area is 184 Å². The summed E-state index contributed by atoms with van der Waals surface area (Å²) in [4.78, 5) is 37.7. The Morgan fingerprint density at radius 3 is 2.69 bits per heavy atom. The molecule has 32 heavy (non-hydrogen) atoms. The first-order valence-corrected chi connectivity index (χ1v) is 10.7. The van der Waals surface area contributed by atoms with Gasteiger partial charge in [-0.25, -0.2) is 4.79 Å². The van der Waals surface area contributed by atoms with Gasteiger partial charge >= 0.3 is 6.03 Å². The number of rotatable bonds is 5. The zero-order valence-corrected chi connectivity index (χ0v) is 17.7. The number of benzene rings is 2. The first kappa shape index (κ1) is 20.2. The number of methoxy groups -OCH3 is 1. The number of carbonyl (C=O) groups excluding carboxylic acids is 3. The lowest BCUT2D eigenvalue weighted by molar-refractivity contribution is -0.139. The van der Waals surface area contributed by atoms with Crippen LogP contribution in [0.15, 0.2) is 40.8 Å². The summed E-state index contributed by atoms with van der Waals surface area (Å²) in [6, 6.07) is 10.7. The molecule has 0 radical (unpaired) electrons. The number of furan rings is 1. The highest BCUT2D eigenvalue weighted by Crippen LogP contribution is 2.36. The number of amides is 4. The Morgan fingerprint density at radius 2 is 1.91 bits per heavy atom. The number of imide groups is 1. The molecule has 1 aliphatic carbocycles. The highest BCUT2D eigenvalue weighted by molar-refractivity contribution is 6.08. The van der Waals surface area contributed by atoms with Gasteiger partial charge in [0.25, 0.3) is 11.8 Å². The fraction of sp³-hybridized carbons (Fsp3) is 0.348. The number of nitrogens with zero attached hydrogens (tertiary/aromatic N) is 1. The second-order valence-corrected chi connectivity index (χ2v) is 8.25. The predicted octanol–water partition coefficient (Wildman–Crippen LogP) is 3.29. The standard InChI is InChI=1S/C23H24N4O5/c1-31-19-11-15-14-7-3-4-8-17(14)32-18(15)12-16(19)24-13-20(28)26-27-21(29)23(25-22(27)30)9-5-2-6-10-23/h3-4,7-8,11-12,24H,2,5-6,9-10,13H2,1H3,(H,25,30)(H,26,28). The van der Waals surface area contributed by atoms with Crippen molar-refractivity contribution in [2.45, 2.75) is 37.6 Å². The van der Waals surface area contributed by atoms with Crippen molar-refractivity contribution in [3.05, 3.63) is 36.4 Å². The monoisotopic (exact) mass is 436 g/mol. The molecule has 1 aromatic heterocycles. The fourth-order valence-corrected chi connectivity index (χ4v) is 4.61. The van der Waals surface area contributed by atoms with Crippen molar-refractivity contribution in [1.82, 2.24) is 15.8 Å². The third-order valence-corrected chi connectivity index (χ3v) is 6.24. The Hall–Kier alpha value is -3.75. The zero-order chi connectivity index (χ0) is 22.3. The largest absolute Gasteiger partial charge is 0.495 e. The molecule has 0 unspecified atom stereocenters. The van der Waals surface area contributed by atoms with Crippen LogP contribution in [-0.2, 0) is 9.59 Å². The van der Waals surface area contributed by atoms with Crippen LogP contribution < -0.4 is 20.8 Å². The summed E-state index contributed by atoms with van der Waals surface area (Å²) in [6.45, 7) is -0.161. The van der Waals surface area contributed by atoms with Gasteiger partial charge in [-0.2, -0.15) is 5.01 Å². The molecule has 9 nitrogen and oxygen atoms in total. The van der Waals surface area contributed by atoms with Crippen LogP contribution in [-0.4, -0.2) is 42.0 Å². The highest BCUT2D eigenvalue weighted by Gasteiger charge is 2.52. The van der Waals surface area contributed by atoms with Gasteiger partial charge in [0.05, 0.1) is 19.3 Å². The highest BCUT2D eigenvalue weighted by atomic mass is 16.5. The minimum Gasteiger partial charge on any atom is -0.495 e. The molecule has 3 aromatic rings. The molecule has 4 amide bonds. The van der Waals surface area contributed by atoms with Crippen LogP contribution in [0.25, 0.3) is 21.9 Å². The summed E-state index contributed by atoms with van der Waals surface area (Å²) < 4.78 is 11.4. The maximum absolute atomic E-state index is 12.8. The third-order valence-electron chi connectivity index (χ3n) is 6.24. The minimum atomic E-state index is -0.883. The van der Waals surface area contributed by atoms with E-state index in [9.17, 15) is 14.4 Å². The maximum Gasteiger partial charge on any atom is 0.344 e. The van der Waals surface area contributed by atoms with E-state index in [1.807, 2.05) is 30.3 Å². The lowest BCUT2D eigenvalue weighted by atomic mass is 9.82. The number of hydrazine groups is 1. The fourth-order valence-electron chi connectivity index (χ4n) is 4.61. The number of fused-ring (bicyclic) bond motifs is 3. The molecular weight excluding hydrogens is 412 g/mol. The maximum atomic E-state index is 12.8. The van der Waals surface area contributed by atoms with Crippen LogP contribution in [0.4, 0.5) is 10.5 Å². The molecule has 1 saturated heterocycles. The molecule has 0 atom stereocenters. The van der Waals surface area contributed by atoms with E-state index >= 15 is 0 Å². The van der Waals surface area contributed by atoms with Gasteiger partial charge in [-0.15, -0.1) is 0 Å². The van der Waals surface area contributed by atoms with Gasteiger partial charge in [0.1, 0.15) is 22.5 Å². The number of hydrogen-bond donors (Lipinski definition) is 3. The number of urea groups is 1. The quantitative estimate of drug-likeness (QED) is 0.529. The van der Waals surface area contributed by atoms with Gasteiger partial charge in [0, 0.05) is 16.8 Å². The Bertz CT molecular complexity index is 1230. The van der Waals surface area contributed by atoms with E-state index in [0.717, 1.165) is 40.6 Å². The zero-order valence-electron chi connectivity index (χ0n) is 17.7. The molecule has 9 heteroatoms. The van der Waals surface area contributed by atoms with E-state index in [2.05, 4.69) is 16.1 Å². The molecule has 1 saturated carbocycles. The molecule has 3 N–H and O–H groups in total. The summed E-state index contributed by atoms with van der Waals surface area (Å²) in [5, 5.41) is 8.46. The molecule has 0 bridgehead atoms. The van der Waals surface area contributed by atoms with E-state index < -0.39 is 23.4 Å². The molecular formula is C23H24N4O5. The van der Waals surface area contributed by atoms with Crippen molar-refractivity contribution in [3.8, 4) is 5.75 Å². The lowest BCUT2D eigenvalue weighted by Gasteiger charge is -2.30. The SMILES string of the molecule is COc1cc2c(cc1NCC(=O)NN1C(=O)NC3(CCCCC3)C1=O)oc1ccccc12. The average Bonchev–Trinajstić information content (AvgIpc) is 3.27. The second-order valence-electron chi connectivity index (χ2n) is 8.25. The molecule has 166 valence electrons. The van der Waals surface area contributed by atoms with Gasteiger partial charge in [-0.1, -0.05) is 37.5 Å². The van der Waals surface area contributed by atoms with Crippen molar-refractivity contribution in [1.29, 1.82) is 0 Å². The summed E-state index contributed by atoms with van der Waals surface area (Å²) in [6.07, 6.45) is 3.98. The van der Waals surface area contributed by atoms with E-state index in [1.54, 1.807) is 13.2 Å². The molecule has 5 rings (SSSR count). The van der Waals surface area contributed by atoms with Crippen LogP contribution in [0, 0.1) is 0 Å². The first-order valence-electron chi connectivity index (χ1n) is 10.7. The van der Waals surface area contributed by atoms with Crippen LogP contribution in [0.2, 0.25) is 0 Å². The summed E-state index contributed by atoms with van der Waals surface area (Å²) in [7, 11) is 1.55. The van der Waals surface area contributed by atoms with Gasteiger partial charge in [-0.05, 0) is 25.0 Å². The summed E-state index contributed by atoms with van der Waals surface area (Å²) in [5.41, 5.74) is 3.52. The van der Waals surface area contributed by atoms with E-state index in [1.165, 1.54) is 0 Å².